The van der Waals surface area contributed by atoms with E-state index < -0.39 is 0 Å². The lowest BCUT2D eigenvalue weighted by Gasteiger charge is -2.07. The summed E-state index contributed by atoms with van der Waals surface area (Å²) in [5, 5.41) is 10.3. The molecule has 0 bridgehead atoms. The second-order valence-corrected chi connectivity index (χ2v) is 5.21. The van der Waals surface area contributed by atoms with E-state index in [4.69, 9.17) is 10.5 Å². The molecule has 0 aliphatic heterocycles. The fourth-order valence-electron chi connectivity index (χ4n) is 1.89. The highest BCUT2D eigenvalue weighted by Crippen LogP contribution is 2.24. The van der Waals surface area contributed by atoms with Gasteiger partial charge in [0.25, 0.3) is 0 Å². The van der Waals surface area contributed by atoms with E-state index in [0.29, 0.717) is 35.5 Å². The van der Waals surface area contributed by atoms with Gasteiger partial charge in [0.05, 0.1) is 6.33 Å². The number of rotatable bonds is 7. The number of anilines is 1. The summed E-state index contributed by atoms with van der Waals surface area (Å²) in [6.45, 7) is 0.285. The minimum Gasteiger partial charge on any atom is -0.489 e. The van der Waals surface area contributed by atoms with Crippen molar-refractivity contribution >= 4 is 5.95 Å². The molecule has 2 aromatic rings. The minimum atomic E-state index is 0.142. The highest BCUT2D eigenvalue weighted by Gasteiger charge is 2.22. The Morgan fingerprint density at radius 1 is 1.41 bits per heavy atom. The summed E-state index contributed by atoms with van der Waals surface area (Å²) in [6.07, 6.45) is 2.83. The Morgan fingerprint density at radius 2 is 2.18 bits per heavy atom. The van der Waals surface area contributed by atoms with Gasteiger partial charge in [-0.15, -0.1) is 5.10 Å². The van der Waals surface area contributed by atoms with E-state index in [9.17, 15) is 4.39 Å². The van der Waals surface area contributed by atoms with Crippen molar-refractivity contribution in [2.24, 2.45) is 5.73 Å². The lowest BCUT2D eigenvalue weighted by molar-refractivity contribution is 0.347. The van der Waals surface area contributed by atoms with E-state index in [-0.39, 0.29) is 13.2 Å². The van der Waals surface area contributed by atoms with Crippen molar-refractivity contribution in [2.75, 3.05) is 18.5 Å². The van der Waals surface area contributed by atoms with Gasteiger partial charge < -0.3 is 15.8 Å². The first-order valence-corrected chi connectivity index (χ1v) is 7.19. The molecular formula is C15H18FN5O. The fraction of sp³-hybridized carbons (Fsp3) is 0.333. The lowest BCUT2D eigenvalue weighted by Crippen LogP contribution is -2.10. The smallest absolute Gasteiger partial charge is 0.242 e. The second kappa shape index (κ2) is 6.57. The van der Waals surface area contributed by atoms with Crippen LogP contribution in [0.15, 0.2) is 36.2 Å². The van der Waals surface area contributed by atoms with E-state index in [1.807, 2.05) is 12.1 Å². The molecule has 1 aromatic heterocycles. The molecule has 0 spiro atoms. The largest absolute Gasteiger partial charge is 0.489 e. The van der Waals surface area contributed by atoms with Crippen LogP contribution >= 0.6 is 0 Å². The van der Waals surface area contributed by atoms with Crippen molar-refractivity contribution in [3.05, 3.63) is 36.2 Å². The first-order valence-electron chi connectivity index (χ1n) is 7.19. The number of nitrogens with zero attached hydrogens (tertiary/aromatic N) is 2. The predicted molar refractivity (Wildman–Crippen MR) is 82.2 cm³/mol. The van der Waals surface area contributed by atoms with Crippen molar-refractivity contribution in [1.82, 2.24) is 15.2 Å². The van der Waals surface area contributed by atoms with Crippen LogP contribution in [0, 0.1) is 0 Å². The summed E-state index contributed by atoms with van der Waals surface area (Å²) in [4.78, 5) is 4.40. The van der Waals surface area contributed by atoms with Gasteiger partial charge in [0.1, 0.15) is 12.4 Å². The molecule has 116 valence electrons. The van der Waals surface area contributed by atoms with Crippen LogP contribution in [-0.2, 0) is 0 Å². The standard InChI is InChI=1S/C15H18FN5O/c16-7-10(8-17)9-22-13-5-1-11(2-6-13)14-19-15(21-20-14)18-12-3-4-12/h1-2,5-7,12H,3-4,8-9,17H2,(H2,18,19,20,21)/b10-7+. The number of aromatic nitrogens is 3. The maximum absolute atomic E-state index is 12.4. The van der Waals surface area contributed by atoms with Gasteiger partial charge in [-0.25, -0.2) is 4.39 Å². The van der Waals surface area contributed by atoms with Gasteiger partial charge in [-0.3, -0.25) is 5.10 Å². The molecule has 3 rings (SSSR count). The monoisotopic (exact) mass is 303 g/mol. The lowest BCUT2D eigenvalue weighted by atomic mass is 10.2. The number of H-pyrrole nitrogens is 1. The third-order valence-corrected chi connectivity index (χ3v) is 3.36. The first kappa shape index (κ1) is 14.5. The van der Waals surface area contributed by atoms with Crippen molar-refractivity contribution < 1.29 is 9.13 Å². The number of benzene rings is 1. The van der Waals surface area contributed by atoms with E-state index in [1.165, 1.54) is 12.8 Å². The van der Waals surface area contributed by atoms with Crippen LogP contribution in [0.2, 0.25) is 0 Å². The summed E-state index contributed by atoms with van der Waals surface area (Å²) in [5.74, 6) is 1.96. The average Bonchev–Trinajstić information content (AvgIpc) is 3.24. The van der Waals surface area contributed by atoms with E-state index in [1.54, 1.807) is 12.1 Å². The quantitative estimate of drug-likeness (QED) is 0.730. The Kier molecular flexibility index (Phi) is 4.34. The van der Waals surface area contributed by atoms with Crippen LogP contribution in [-0.4, -0.2) is 34.4 Å². The van der Waals surface area contributed by atoms with Crippen LogP contribution in [0.1, 0.15) is 12.8 Å². The topological polar surface area (TPSA) is 88.8 Å². The summed E-state index contributed by atoms with van der Waals surface area (Å²) in [5.41, 5.74) is 6.69. The zero-order valence-electron chi connectivity index (χ0n) is 12.1. The molecule has 0 radical (unpaired) electrons. The maximum Gasteiger partial charge on any atom is 0.242 e. The maximum atomic E-state index is 12.4. The SMILES string of the molecule is NC/C(=C\F)COc1ccc(-c2nc(NC3CC3)n[nH]2)cc1. The van der Waals surface area contributed by atoms with Crippen molar-refractivity contribution in [3.63, 3.8) is 0 Å². The van der Waals surface area contributed by atoms with E-state index in [0.717, 1.165) is 5.56 Å². The molecule has 0 saturated heterocycles. The Morgan fingerprint density at radius 3 is 2.82 bits per heavy atom. The molecule has 1 aliphatic rings. The van der Waals surface area contributed by atoms with Gasteiger partial charge in [-0.05, 0) is 37.1 Å². The third-order valence-electron chi connectivity index (χ3n) is 3.36. The summed E-state index contributed by atoms with van der Waals surface area (Å²) >= 11 is 0. The first-order chi connectivity index (χ1) is 10.8. The number of ether oxygens (including phenoxy) is 1. The Labute approximate surface area is 127 Å². The highest BCUT2D eigenvalue weighted by atomic mass is 19.1. The predicted octanol–water partition coefficient (Wildman–Crippen LogP) is 2.24. The molecule has 4 N–H and O–H groups in total. The number of nitrogens with one attached hydrogen (secondary N) is 2. The molecule has 1 aromatic carbocycles. The molecule has 1 aliphatic carbocycles. The van der Waals surface area contributed by atoms with Crippen LogP contribution in [0.3, 0.4) is 0 Å². The second-order valence-electron chi connectivity index (χ2n) is 5.21. The average molecular weight is 303 g/mol. The molecule has 1 saturated carbocycles. The summed E-state index contributed by atoms with van der Waals surface area (Å²) in [6, 6.07) is 7.87. The van der Waals surface area contributed by atoms with Gasteiger partial charge in [-0.1, -0.05) is 0 Å². The van der Waals surface area contributed by atoms with Crippen molar-refractivity contribution in [1.29, 1.82) is 0 Å². The molecule has 22 heavy (non-hydrogen) atoms. The van der Waals surface area contributed by atoms with Gasteiger partial charge in [-0.2, -0.15) is 4.98 Å². The Balaban J connectivity index is 1.61. The fourth-order valence-corrected chi connectivity index (χ4v) is 1.89. The number of hydrogen-bond acceptors (Lipinski definition) is 5. The molecule has 0 amide bonds. The number of nitrogens with two attached hydrogens (primary N) is 1. The van der Waals surface area contributed by atoms with Crippen LogP contribution < -0.4 is 15.8 Å². The summed E-state index contributed by atoms with van der Waals surface area (Å²) < 4.78 is 17.9. The highest BCUT2D eigenvalue weighted by molar-refractivity contribution is 5.57. The third kappa shape index (κ3) is 3.62. The molecular weight excluding hydrogens is 285 g/mol. The van der Waals surface area contributed by atoms with Gasteiger partial charge in [0.2, 0.25) is 5.95 Å². The van der Waals surface area contributed by atoms with Crippen molar-refractivity contribution in [2.45, 2.75) is 18.9 Å². The Hall–Kier alpha value is -2.41. The van der Waals surface area contributed by atoms with Crippen LogP contribution in [0.25, 0.3) is 11.4 Å². The zero-order valence-corrected chi connectivity index (χ0v) is 12.1. The molecule has 0 atom stereocenters. The normalized spacial score (nSPS) is 14.9. The van der Waals surface area contributed by atoms with E-state index >= 15 is 0 Å². The minimum absolute atomic E-state index is 0.142. The van der Waals surface area contributed by atoms with E-state index in [2.05, 4.69) is 20.5 Å². The van der Waals surface area contributed by atoms with Gasteiger partial charge in [0.15, 0.2) is 5.82 Å². The van der Waals surface area contributed by atoms with Crippen LogP contribution in [0.5, 0.6) is 5.75 Å². The van der Waals surface area contributed by atoms with Gasteiger partial charge >= 0.3 is 0 Å². The molecule has 0 unspecified atom stereocenters. The zero-order chi connectivity index (χ0) is 15.4. The van der Waals surface area contributed by atoms with Crippen molar-refractivity contribution in [3.8, 4) is 17.1 Å². The Bertz CT molecular complexity index is 648. The van der Waals surface area contributed by atoms with Gasteiger partial charge in [0, 0.05) is 23.7 Å². The number of aromatic amines is 1. The molecule has 1 heterocycles. The molecule has 7 heteroatoms. The number of halogens is 1. The number of hydrogen-bond donors (Lipinski definition) is 3. The van der Waals surface area contributed by atoms with Crippen LogP contribution in [0.4, 0.5) is 10.3 Å². The molecule has 1 fully saturated rings. The summed E-state index contributed by atoms with van der Waals surface area (Å²) in [7, 11) is 0. The molecule has 6 nitrogen and oxygen atoms in total.